The average Bonchev–Trinajstić information content (AvgIpc) is 2.25. The van der Waals surface area contributed by atoms with Gasteiger partial charge < -0.3 is 10.2 Å². The van der Waals surface area contributed by atoms with Crippen LogP contribution in [-0.4, -0.2) is 10.2 Å². The third-order valence-electron chi connectivity index (χ3n) is 2.41. The van der Waals surface area contributed by atoms with Crippen LogP contribution in [0.2, 0.25) is 0 Å². The van der Waals surface area contributed by atoms with Crippen molar-refractivity contribution in [1.29, 1.82) is 0 Å². The lowest BCUT2D eigenvalue weighted by atomic mass is 10.00. The standard InChI is InChI=1S/C13H12O2/c1-9-7-12(14)13(15)8-11(9)10-5-3-2-4-6-10/h2-8,14-15H,1H3. The van der Waals surface area contributed by atoms with Crippen LogP contribution in [0.1, 0.15) is 5.56 Å². The minimum Gasteiger partial charge on any atom is -0.504 e. The van der Waals surface area contributed by atoms with Gasteiger partial charge in [-0.25, -0.2) is 0 Å². The number of benzene rings is 2. The molecule has 2 aromatic carbocycles. The molecule has 2 heteroatoms. The Bertz CT molecular complexity index is 475. The lowest BCUT2D eigenvalue weighted by molar-refractivity contribution is 0.403. The molecule has 0 aliphatic rings. The summed E-state index contributed by atoms with van der Waals surface area (Å²) in [6, 6.07) is 12.9. The molecule has 2 aromatic rings. The summed E-state index contributed by atoms with van der Waals surface area (Å²) in [6.45, 7) is 1.90. The predicted octanol–water partition coefficient (Wildman–Crippen LogP) is 3.07. The van der Waals surface area contributed by atoms with Crippen LogP contribution in [0.3, 0.4) is 0 Å². The Morgan fingerprint density at radius 3 is 2.13 bits per heavy atom. The van der Waals surface area contributed by atoms with Crippen molar-refractivity contribution >= 4 is 0 Å². The summed E-state index contributed by atoms with van der Waals surface area (Å²) in [5.41, 5.74) is 2.91. The first-order valence-corrected chi connectivity index (χ1v) is 4.76. The number of aromatic hydroxyl groups is 2. The van der Waals surface area contributed by atoms with Crippen molar-refractivity contribution in [2.24, 2.45) is 0 Å². The van der Waals surface area contributed by atoms with E-state index in [0.717, 1.165) is 16.7 Å². The van der Waals surface area contributed by atoms with Gasteiger partial charge in [0.15, 0.2) is 11.5 Å². The van der Waals surface area contributed by atoms with Crippen LogP contribution in [-0.2, 0) is 0 Å². The monoisotopic (exact) mass is 200 g/mol. The number of phenols is 2. The Labute approximate surface area is 88.4 Å². The van der Waals surface area contributed by atoms with E-state index < -0.39 is 0 Å². The van der Waals surface area contributed by atoms with Gasteiger partial charge in [0, 0.05) is 0 Å². The largest absolute Gasteiger partial charge is 0.504 e. The van der Waals surface area contributed by atoms with Crippen molar-refractivity contribution in [3.05, 3.63) is 48.0 Å². The van der Waals surface area contributed by atoms with E-state index in [4.69, 9.17) is 0 Å². The zero-order valence-corrected chi connectivity index (χ0v) is 8.44. The van der Waals surface area contributed by atoms with Crippen LogP contribution in [0.5, 0.6) is 11.5 Å². The molecule has 0 saturated heterocycles. The molecule has 0 spiro atoms. The van der Waals surface area contributed by atoms with Crippen LogP contribution in [0.15, 0.2) is 42.5 Å². The molecule has 0 saturated carbocycles. The molecule has 0 fully saturated rings. The number of rotatable bonds is 1. The molecule has 2 rings (SSSR count). The third kappa shape index (κ3) is 1.79. The molecule has 0 amide bonds. The highest BCUT2D eigenvalue weighted by Crippen LogP contribution is 2.33. The second-order valence-electron chi connectivity index (χ2n) is 3.52. The second kappa shape index (κ2) is 3.65. The fourth-order valence-corrected chi connectivity index (χ4v) is 1.61. The van der Waals surface area contributed by atoms with E-state index in [1.165, 1.54) is 0 Å². The molecule has 0 aliphatic carbocycles. The fourth-order valence-electron chi connectivity index (χ4n) is 1.61. The summed E-state index contributed by atoms with van der Waals surface area (Å²) < 4.78 is 0. The Hall–Kier alpha value is -1.96. The van der Waals surface area contributed by atoms with Gasteiger partial charge >= 0.3 is 0 Å². The van der Waals surface area contributed by atoms with Crippen molar-refractivity contribution in [1.82, 2.24) is 0 Å². The smallest absolute Gasteiger partial charge is 0.158 e. The molecule has 0 aliphatic heterocycles. The van der Waals surface area contributed by atoms with Crippen LogP contribution in [0.25, 0.3) is 11.1 Å². The number of phenolic OH excluding ortho intramolecular Hbond substituents is 2. The molecule has 0 aromatic heterocycles. The highest BCUT2D eigenvalue weighted by Gasteiger charge is 2.06. The Morgan fingerprint density at radius 1 is 0.867 bits per heavy atom. The Balaban J connectivity index is 2.59. The normalized spacial score (nSPS) is 10.2. The SMILES string of the molecule is Cc1cc(O)c(O)cc1-c1ccccc1. The summed E-state index contributed by atoms with van der Waals surface area (Å²) in [4.78, 5) is 0. The van der Waals surface area contributed by atoms with Crippen molar-refractivity contribution in [3.8, 4) is 22.6 Å². The maximum atomic E-state index is 9.44. The first kappa shape index (κ1) is 9.59. The highest BCUT2D eigenvalue weighted by molar-refractivity contribution is 5.70. The molecular formula is C13H12O2. The molecule has 0 atom stereocenters. The topological polar surface area (TPSA) is 40.5 Å². The molecular weight excluding hydrogens is 188 g/mol. The molecule has 2 N–H and O–H groups in total. The number of hydrogen-bond donors (Lipinski definition) is 2. The zero-order chi connectivity index (χ0) is 10.8. The van der Waals surface area contributed by atoms with Gasteiger partial charge in [-0.1, -0.05) is 30.3 Å². The molecule has 0 bridgehead atoms. The third-order valence-corrected chi connectivity index (χ3v) is 2.41. The van der Waals surface area contributed by atoms with E-state index in [2.05, 4.69) is 0 Å². The molecule has 0 heterocycles. The van der Waals surface area contributed by atoms with E-state index in [1.807, 2.05) is 37.3 Å². The first-order valence-electron chi connectivity index (χ1n) is 4.76. The lowest BCUT2D eigenvalue weighted by Gasteiger charge is -2.07. The van der Waals surface area contributed by atoms with Crippen molar-refractivity contribution in [3.63, 3.8) is 0 Å². The van der Waals surface area contributed by atoms with Crippen LogP contribution >= 0.6 is 0 Å². The summed E-state index contributed by atoms with van der Waals surface area (Å²) in [5.74, 6) is -0.161. The first-order chi connectivity index (χ1) is 7.18. The molecule has 0 unspecified atom stereocenters. The predicted molar refractivity (Wildman–Crippen MR) is 59.9 cm³/mol. The van der Waals surface area contributed by atoms with Crippen LogP contribution in [0, 0.1) is 6.92 Å². The highest BCUT2D eigenvalue weighted by atomic mass is 16.3. The van der Waals surface area contributed by atoms with Gasteiger partial charge in [-0.15, -0.1) is 0 Å². The van der Waals surface area contributed by atoms with E-state index in [-0.39, 0.29) is 11.5 Å². The minimum atomic E-state index is -0.0838. The average molecular weight is 200 g/mol. The van der Waals surface area contributed by atoms with E-state index >= 15 is 0 Å². The fraction of sp³-hybridized carbons (Fsp3) is 0.0769. The maximum absolute atomic E-state index is 9.44. The van der Waals surface area contributed by atoms with E-state index in [0.29, 0.717) is 0 Å². The summed E-state index contributed by atoms with van der Waals surface area (Å²) >= 11 is 0. The number of aryl methyl sites for hydroxylation is 1. The number of hydrogen-bond acceptors (Lipinski definition) is 2. The zero-order valence-electron chi connectivity index (χ0n) is 8.44. The van der Waals surface area contributed by atoms with Gasteiger partial charge in [0.2, 0.25) is 0 Å². The van der Waals surface area contributed by atoms with Gasteiger partial charge in [0.1, 0.15) is 0 Å². The molecule has 2 nitrogen and oxygen atoms in total. The molecule has 76 valence electrons. The summed E-state index contributed by atoms with van der Waals surface area (Å²) in [5, 5.41) is 18.8. The lowest BCUT2D eigenvalue weighted by Crippen LogP contribution is -1.83. The van der Waals surface area contributed by atoms with Crippen molar-refractivity contribution < 1.29 is 10.2 Å². The van der Waals surface area contributed by atoms with Gasteiger partial charge in [-0.3, -0.25) is 0 Å². The van der Waals surface area contributed by atoms with Crippen LogP contribution in [0.4, 0.5) is 0 Å². The van der Waals surface area contributed by atoms with E-state index in [9.17, 15) is 10.2 Å². The quantitative estimate of drug-likeness (QED) is 0.694. The van der Waals surface area contributed by atoms with Crippen LogP contribution < -0.4 is 0 Å². The second-order valence-corrected chi connectivity index (χ2v) is 3.52. The maximum Gasteiger partial charge on any atom is 0.158 e. The minimum absolute atomic E-state index is 0.0767. The van der Waals surface area contributed by atoms with E-state index in [1.54, 1.807) is 12.1 Å². The van der Waals surface area contributed by atoms with Crippen molar-refractivity contribution in [2.45, 2.75) is 6.92 Å². The van der Waals surface area contributed by atoms with Gasteiger partial charge in [-0.2, -0.15) is 0 Å². The molecule has 15 heavy (non-hydrogen) atoms. The Kier molecular flexibility index (Phi) is 2.34. The van der Waals surface area contributed by atoms with Crippen molar-refractivity contribution in [2.75, 3.05) is 0 Å². The van der Waals surface area contributed by atoms with Gasteiger partial charge in [0.05, 0.1) is 0 Å². The summed E-state index contributed by atoms with van der Waals surface area (Å²) in [6.07, 6.45) is 0. The summed E-state index contributed by atoms with van der Waals surface area (Å²) in [7, 11) is 0. The molecule has 0 radical (unpaired) electrons. The van der Waals surface area contributed by atoms with Gasteiger partial charge in [0.25, 0.3) is 0 Å². The van der Waals surface area contributed by atoms with Gasteiger partial charge in [-0.05, 0) is 35.7 Å². The Morgan fingerprint density at radius 2 is 1.47 bits per heavy atom.